The summed E-state index contributed by atoms with van der Waals surface area (Å²) >= 11 is 0. The average molecular weight is 318 g/mol. The molecular formula is C17H19FN2O3. The lowest BCUT2D eigenvalue weighted by molar-refractivity contribution is 0.0602. The van der Waals surface area contributed by atoms with Crippen molar-refractivity contribution in [1.82, 2.24) is 5.16 Å². The molecule has 0 radical (unpaired) electrons. The predicted molar refractivity (Wildman–Crippen MR) is 83.7 cm³/mol. The van der Waals surface area contributed by atoms with Gasteiger partial charge < -0.3 is 14.6 Å². The van der Waals surface area contributed by atoms with Crippen LogP contribution in [0, 0.1) is 5.82 Å². The highest BCUT2D eigenvalue weighted by molar-refractivity contribution is 6.00. The van der Waals surface area contributed by atoms with Crippen molar-refractivity contribution in [1.29, 1.82) is 0 Å². The summed E-state index contributed by atoms with van der Waals surface area (Å²) in [5.41, 5.74) is 1.21. The molecule has 0 aliphatic heterocycles. The minimum atomic E-state index is -0.524. The number of halogens is 1. The van der Waals surface area contributed by atoms with Gasteiger partial charge in [0.2, 0.25) is 5.88 Å². The number of carbonyl (C=O) groups is 1. The van der Waals surface area contributed by atoms with Gasteiger partial charge in [0.25, 0.3) is 0 Å². The van der Waals surface area contributed by atoms with E-state index in [0.29, 0.717) is 17.1 Å². The van der Waals surface area contributed by atoms with Gasteiger partial charge in [-0.15, -0.1) is 0 Å². The topological polar surface area (TPSA) is 64.4 Å². The van der Waals surface area contributed by atoms with Crippen molar-refractivity contribution in [2.24, 2.45) is 0 Å². The van der Waals surface area contributed by atoms with E-state index in [9.17, 15) is 9.18 Å². The zero-order valence-electron chi connectivity index (χ0n) is 13.0. The number of carbonyl (C=O) groups excluding carboxylic acids is 1. The van der Waals surface area contributed by atoms with Crippen LogP contribution in [0.25, 0.3) is 11.3 Å². The first-order chi connectivity index (χ1) is 11.2. The number of ether oxygens (including phenoxy) is 1. The summed E-state index contributed by atoms with van der Waals surface area (Å²) in [6, 6.07) is 6.02. The Labute approximate surface area is 133 Å². The van der Waals surface area contributed by atoms with Crippen molar-refractivity contribution in [2.45, 2.75) is 38.1 Å². The zero-order chi connectivity index (χ0) is 16.2. The van der Waals surface area contributed by atoms with Crippen LogP contribution in [0.1, 0.15) is 42.5 Å². The normalized spacial score (nSPS) is 15.4. The third-order valence-corrected chi connectivity index (χ3v) is 4.14. The molecule has 122 valence electrons. The van der Waals surface area contributed by atoms with E-state index in [1.54, 1.807) is 12.1 Å². The number of hydrogen-bond acceptors (Lipinski definition) is 5. The quantitative estimate of drug-likeness (QED) is 0.863. The molecule has 1 aromatic heterocycles. The molecule has 1 N–H and O–H groups in total. The molecule has 0 bridgehead atoms. The maximum Gasteiger partial charge on any atom is 0.345 e. The largest absolute Gasteiger partial charge is 0.465 e. The lowest BCUT2D eigenvalue weighted by Crippen LogP contribution is -2.23. The Balaban J connectivity index is 1.93. The molecule has 3 rings (SSSR count). The molecule has 0 unspecified atom stereocenters. The summed E-state index contributed by atoms with van der Waals surface area (Å²) in [6.07, 6.45) is 5.62. The summed E-state index contributed by atoms with van der Waals surface area (Å²) in [6.45, 7) is 0. The first-order valence-corrected chi connectivity index (χ1v) is 7.79. The number of rotatable bonds is 4. The highest BCUT2D eigenvalue weighted by Crippen LogP contribution is 2.31. The van der Waals surface area contributed by atoms with Gasteiger partial charge in [0.05, 0.1) is 7.11 Å². The second-order valence-electron chi connectivity index (χ2n) is 5.71. The van der Waals surface area contributed by atoms with Gasteiger partial charge >= 0.3 is 5.97 Å². The molecule has 1 fully saturated rings. The Hall–Kier alpha value is -2.37. The summed E-state index contributed by atoms with van der Waals surface area (Å²) in [7, 11) is 1.31. The smallest absolute Gasteiger partial charge is 0.345 e. The summed E-state index contributed by atoms with van der Waals surface area (Å²) in [5, 5.41) is 7.25. The van der Waals surface area contributed by atoms with E-state index in [1.165, 1.54) is 25.7 Å². The van der Waals surface area contributed by atoms with E-state index < -0.39 is 5.97 Å². The van der Waals surface area contributed by atoms with E-state index in [0.717, 1.165) is 25.7 Å². The molecule has 1 heterocycles. The predicted octanol–water partition coefficient (Wildman–Crippen LogP) is 4.01. The molecule has 2 aromatic rings. The highest BCUT2D eigenvalue weighted by atomic mass is 19.1. The second kappa shape index (κ2) is 6.81. The van der Waals surface area contributed by atoms with Crippen LogP contribution in [0.5, 0.6) is 0 Å². The number of nitrogens with one attached hydrogen (secondary N) is 1. The Kier molecular flexibility index (Phi) is 4.60. The second-order valence-corrected chi connectivity index (χ2v) is 5.71. The molecule has 6 heteroatoms. The van der Waals surface area contributed by atoms with Crippen LogP contribution >= 0.6 is 0 Å². The van der Waals surface area contributed by atoms with Crippen LogP contribution in [-0.4, -0.2) is 24.3 Å². The van der Waals surface area contributed by atoms with Crippen LogP contribution < -0.4 is 5.32 Å². The fourth-order valence-electron chi connectivity index (χ4n) is 2.92. The lowest BCUT2D eigenvalue weighted by atomic mass is 9.95. The molecule has 0 atom stereocenters. The maximum absolute atomic E-state index is 13.1. The van der Waals surface area contributed by atoms with Gasteiger partial charge in [0, 0.05) is 11.6 Å². The summed E-state index contributed by atoms with van der Waals surface area (Å²) in [5.74, 6) is -0.552. The van der Waals surface area contributed by atoms with Crippen molar-refractivity contribution >= 4 is 11.9 Å². The minimum Gasteiger partial charge on any atom is -0.465 e. The van der Waals surface area contributed by atoms with E-state index in [-0.39, 0.29) is 17.4 Å². The number of anilines is 1. The van der Waals surface area contributed by atoms with Gasteiger partial charge in [-0.3, -0.25) is 0 Å². The fourth-order valence-corrected chi connectivity index (χ4v) is 2.92. The first kappa shape index (κ1) is 15.5. The third kappa shape index (κ3) is 3.36. The minimum absolute atomic E-state index is 0.254. The first-order valence-electron chi connectivity index (χ1n) is 7.79. The van der Waals surface area contributed by atoms with Crippen LogP contribution in [0.15, 0.2) is 28.8 Å². The lowest BCUT2D eigenvalue weighted by Gasteiger charge is -2.22. The van der Waals surface area contributed by atoms with Crippen LogP contribution in [0.2, 0.25) is 0 Å². The number of hydrogen-bond donors (Lipinski definition) is 1. The maximum atomic E-state index is 13.1. The van der Waals surface area contributed by atoms with Crippen molar-refractivity contribution in [3.63, 3.8) is 0 Å². The average Bonchev–Trinajstić information content (AvgIpc) is 2.99. The van der Waals surface area contributed by atoms with Crippen molar-refractivity contribution < 1.29 is 18.4 Å². The standard InChI is InChI=1S/C17H19FN2O3/c1-22-17(21)14-15(11-7-9-12(18)10-8-11)20-23-16(14)19-13-5-3-2-4-6-13/h7-10,13,19H,2-6H2,1H3. The van der Waals surface area contributed by atoms with E-state index in [4.69, 9.17) is 9.26 Å². The molecule has 5 nitrogen and oxygen atoms in total. The number of aromatic nitrogens is 1. The molecule has 1 aromatic carbocycles. The van der Waals surface area contributed by atoms with E-state index >= 15 is 0 Å². The Bertz CT molecular complexity index is 676. The van der Waals surface area contributed by atoms with Gasteiger partial charge in [-0.1, -0.05) is 24.4 Å². The van der Waals surface area contributed by atoms with Crippen molar-refractivity contribution in [2.75, 3.05) is 12.4 Å². The Morgan fingerprint density at radius 1 is 1.26 bits per heavy atom. The van der Waals surface area contributed by atoms with Crippen LogP contribution in [-0.2, 0) is 4.74 Å². The number of methoxy groups -OCH3 is 1. The molecular weight excluding hydrogens is 299 g/mol. The van der Waals surface area contributed by atoms with Gasteiger partial charge in [0.1, 0.15) is 11.5 Å². The van der Waals surface area contributed by atoms with Crippen molar-refractivity contribution in [3.8, 4) is 11.3 Å². The SMILES string of the molecule is COC(=O)c1c(-c2ccc(F)cc2)noc1NC1CCCCC1. The van der Waals surface area contributed by atoms with Crippen molar-refractivity contribution in [3.05, 3.63) is 35.6 Å². The van der Waals surface area contributed by atoms with Gasteiger partial charge in [-0.2, -0.15) is 0 Å². The molecule has 1 aliphatic carbocycles. The van der Waals surface area contributed by atoms with Gasteiger partial charge in [-0.05, 0) is 37.1 Å². The third-order valence-electron chi connectivity index (χ3n) is 4.14. The molecule has 23 heavy (non-hydrogen) atoms. The van der Waals surface area contributed by atoms with Gasteiger partial charge in [-0.25, -0.2) is 9.18 Å². The number of nitrogens with zero attached hydrogens (tertiary/aromatic N) is 1. The highest BCUT2D eigenvalue weighted by Gasteiger charge is 2.27. The Morgan fingerprint density at radius 3 is 2.61 bits per heavy atom. The molecule has 0 spiro atoms. The van der Waals surface area contributed by atoms with Gasteiger partial charge in [0.15, 0.2) is 5.56 Å². The van der Waals surface area contributed by atoms with E-state index in [2.05, 4.69) is 10.5 Å². The molecule has 0 saturated heterocycles. The van der Waals surface area contributed by atoms with E-state index in [1.807, 2.05) is 0 Å². The summed E-state index contributed by atoms with van der Waals surface area (Å²) in [4.78, 5) is 12.2. The summed E-state index contributed by atoms with van der Waals surface area (Å²) < 4.78 is 23.3. The molecule has 0 amide bonds. The number of benzene rings is 1. The molecule has 1 aliphatic rings. The van der Waals surface area contributed by atoms with Crippen LogP contribution in [0.3, 0.4) is 0 Å². The fraction of sp³-hybridized carbons (Fsp3) is 0.412. The zero-order valence-corrected chi connectivity index (χ0v) is 13.0. The number of esters is 1. The van der Waals surface area contributed by atoms with Crippen LogP contribution in [0.4, 0.5) is 10.3 Å². The monoisotopic (exact) mass is 318 g/mol. The Morgan fingerprint density at radius 2 is 1.96 bits per heavy atom. The molecule has 1 saturated carbocycles.